The first kappa shape index (κ1) is 12.4. The molecule has 2 heteroatoms. The number of benzene rings is 1. The molecular weight excluding hydrogens is 202 g/mol. The first-order chi connectivity index (χ1) is 7.24. The van der Waals surface area contributed by atoms with Gasteiger partial charge in [0.05, 0.1) is 0 Å². The molecule has 15 heavy (non-hydrogen) atoms. The Morgan fingerprint density at radius 3 is 2.67 bits per heavy atom. The molecule has 0 aromatic heterocycles. The van der Waals surface area contributed by atoms with Crippen LogP contribution in [0.2, 0.25) is 0 Å². The highest BCUT2D eigenvalue weighted by molar-refractivity contribution is 7.99. The lowest BCUT2D eigenvalue weighted by Crippen LogP contribution is -1.88. The predicted octanol–water partition coefficient (Wildman–Crippen LogP) is 4.25. The Morgan fingerprint density at radius 2 is 2.00 bits per heavy atom. The molecule has 0 radical (unpaired) electrons. The van der Waals surface area contributed by atoms with Crippen LogP contribution in [0.3, 0.4) is 0 Å². The Hall–Kier alpha value is -0.630. The van der Waals surface area contributed by atoms with Crippen molar-refractivity contribution in [1.82, 2.24) is 0 Å². The summed E-state index contributed by atoms with van der Waals surface area (Å²) in [5.41, 5.74) is 7.88. The van der Waals surface area contributed by atoms with Crippen molar-refractivity contribution in [2.75, 3.05) is 11.5 Å². The Labute approximate surface area is 97.4 Å². The van der Waals surface area contributed by atoms with E-state index in [0.717, 1.165) is 5.69 Å². The van der Waals surface area contributed by atoms with Crippen molar-refractivity contribution in [3.05, 3.63) is 23.8 Å². The largest absolute Gasteiger partial charge is 0.399 e. The summed E-state index contributed by atoms with van der Waals surface area (Å²) < 4.78 is 0. The molecule has 0 heterocycles. The van der Waals surface area contributed by atoms with Crippen LogP contribution in [-0.4, -0.2) is 5.75 Å². The van der Waals surface area contributed by atoms with Gasteiger partial charge in [-0.1, -0.05) is 26.2 Å². The topological polar surface area (TPSA) is 26.0 Å². The average Bonchev–Trinajstić information content (AvgIpc) is 2.20. The van der Waals surface area contributed by atoms with Crippen molar-refractivity contribution in [2.24, 2.45) is 0 Å². The zero-order valence-corrected chi connectivity index (χ0v) is 10.6. The van der Waals surface area contributed by atoms with Gasteiger partial charge in [-0.3, -0.25) is 0 Å². The number of hydrogen-bond acceptors (Lipinski definition) is 2. The molecule has 0 fully saturated rings. The summed E-state index contributed by atoms with van der Waals surface area (Å²) in [7, 11) is 0. The van der Waals surface area contributed by atoms with Gasteiger partial charge in [-0.15, -0.1) is 11.8 Å². The molecule has 0 bridgehead atoms. The molecule has 84 valence electrons. The fourth-order valence-electron chi connectivity index (χ4n) is 1.55. The third kappa shape index (κ3) is 4.61. The Bertz CT molecular complexity index is 297. The van der Waals surface area contributed by atoms with Crippen molar-refractivity contribution < 1.29 is 0 Å². The second-order valence-electron chi connectivity index (χ2n) is 3.93. The fourth-order valence-corrected chi connectivity index (χ4v) is 2.56. The molecule has 1 aromatic rings. The number of unbranched alkanes of at least 4 members (excludes halogenated alkanes) is 3. The van der Waals surface area contributed by atoms with E-state index < -0.39 is 0 Å². The fraction of sp³-hybridized carbons (Fsp3) is 0.538. The minimum absolute atomic E-state index is 0.864. The number of hydrogen-bond donors (Lipinski definition) is 1. The van der Waals surface area contributed by atoms with Crippen molar-refractivity contribution in [1.29, 1.82) is 0 Å². The molecule has 0 saturated heterocycles. The summed E-state index contributed by atoms with van der Waals surface area (Å²) in [6.45, 7) is 4.38. The maximum atomic E-state index is 5.71. The van der Waals surface area contributed by atoms with Crippen LogP contribution < -0.4 is 5.73 Å². The van der Waals surface area contributed by atoms with Gasteiger partial charge < -0.3 is 5.73 Å². The lowest BCUT2D eigenvalue weighted by Gasteiger charge is -2.06. The summed E-state index contributed by atoms with van der Waals surface area (Å²) in [6, 6.07) is 6.17. The normalized spacial score (nSPS) is 10.5. The van der Waals surface area contributed by atoms with Crippen LogP contribution in [0.5, 0.6) is 0 Å². The van der Waals surface area contributed by atoms with E-state index in [4.69, 9.17) is 5.73 Å². The SMILES string of the molecule is CCCCCCSc1ccc(N)cc1C. The van der Waals surface area contributed by atoms with Gasteiger partial charge in [0.1, 0.15) is 0 Å². The van der Waals surface area contributed by atoms with Crippen molar-refractivity contribution in [3.63, 3.8) is 0 Å². The molecule has 1 nitrogen and oxygen atoms in total. The lowest BCUT2D eigenvalue weighted by atomic mass is 10.2. The third-order valence-electron chi connectivity index (χ3n) is 2.45. The monoisotopic (exact) mass is 223 g/mol. The Kier molecular flexibility index (Phi) is 5.62. The molecule has 2 N–H and O–H groups in total. The van der Waals surface area contributed by atoms with Crippen molar-refractivity contribution >= 4 is 17.4 Å². The second-order valence-corrected chi connectivity index (χ2v) is 5.07. The summed E-state index contributed by atoms with van der Waals surface area (Å²) in [6.07, 6.45) is 5.35. The van der Waals surface area contributed by atoms with Gasteiger partial charge in [0.25, 0.3) is 0 Å². The van der Waals surface area contributed by atoms with Crippen LogP contribution >= 0.6 is 11.8 Å². The standard InChI is InChI=1S/C13H21NS/c1-3-4-5-6-9-15-13-8-7-12(14)10-11(13)2/h7-8,10H,3-6,9,14H2,1-2H3. The van der Waals surface area contributed by atoms with Gasteiger partial charge in [0.15, 0.2) is 0 Å². The smallest absolute Gasteiger partial charge is 0.0317 e. The van der Waals surface area contributed by atoms with E-state index in [1.807, 2.05) is 23.9 Å². The molecule has 1 aromatic carbocycles. The molecule has 0 aliphatic rings. The minimum atomic E-state index is 0.864. The maximum absolute atomic E-state index is 5.71. The van der Waals surface area contributed by atoms with E-state index in [1.165, 1.54) is 41.9 Å². The molecule has 0 amide bonds. The molecule has 0 unspecified atom stereocenters. The number of thioether (sulfide) groups is 1. The van der Waals surface area contributed by atoms with Crippen LogP contribution in [-0.2, 0) is 0 Å². The van der Waals surface area contributed by atoms with Gasteiger partial charge in [0, 0.05) is 10.6 Å². The summed E-state index contributed by atoms with van der Waals surface area (Å²) in [5, 5.41) is 0. The van der Waals surface area contributed by atoms with Gasteiger partial charge in [-0.25, -0.2) is 0 Å². The maximum Gasteiger partial charge on any atom is 0.0317 e. The van der Waals surface area contributed by atoms with E-state index in [9.17, 15) is 0 Å². The number of nitrogen functional groups attached to an aromatic ring is 1. The molecule has 0 spiro atoms. The van der Waals surface area contributed by atoms with Crippen LogP contribution in [0.15, 0.2) is 23.1 Å². The number of aryl methyl sites for hydroxylation is 1. The summed E-state index contributed by atoms with van der Waals surface area (Å²) in [5.74, 6) is 1.23. The van der Waals surface area contributed by atoms with Gasteiger partial charge in [0.2, 0.25) is 0 Å². The predicted molar refractivity (Wildman–Crippen MR) is 70.5 cm³/mol. The van der Waals surface area contributed by atoms with E-state index in [0.29, 0.717) is 0 Å². The van der Waals surface area contributed by atoms with Gasteiger partial charge >= 0.3 is 0 Å². The molecule has 0 aliphatic heterocycles. The molecule has 1 rings (SSSR count). The van der Waals surface area contributed by atoms with Gasteiger partial charge in [-0.05, 0) is 42.9 Å². The molecule has 0 aliphatic carbocycles. The van der Waals surface area contributed by atoms with Crippen LogP contribution in [0.25, 0.3) is 0 Å². The van der Waals surface area contributed by atoms with E-state index in [2.05, 4.69) is 19.9 Å². The van der Waals surface area contributed by atoms with Crippen molar-refractivity contribution in [3.8, 4) is 0 Å². The second kappa shape index (κ2) is 6.78. The molecular formula is C13H21NS. The van der Waals surface area contributed by atoms with E-state index >= 15 is 0 Å². The van der Waals surface area contributed by atoms with Crippen LogP contribution in [0.1, 0.15) is 38.2 Å². The van der Waals surface area contributed by atoms with E-state index in [-0.39, 0.29) is 0 Å². The average molecular weight is 223 g/mol. The quantitative estimate of drug-likeness (QED) is 0.443. The van der Waals surface area contributed by atoms with Crippen LogP contribution in [0.4, 0.5) is 5.69 Å². The minimum Gasteiger partial charge on any atom is -0.399 e. The Balaban J connectivity index is 2.31. The summed E-state index contributed by atoms with van der Waals surface area (Å²) >= 11 is 1.95. The first-order valence-electron chi connectivity index (χ1n) is 5.73. The number of rotatable bonds is 6. The highest BCUT2D eigenvalue weighted by Gasteiger charge is 1.99. The van der Waals surface area contributed by atoms with Gasteiger partial charge in [-0.2, -0.15) is 0 Å². The molecule has 0 atom stereocenters. The van der Waals surface area contributed by atoms with E-state index in [1.54, 1.807) is 0 Å². The zero-order chi connectivity index (χ0) is 11.1. The lowest BCUT2D eigenvalue weighted by molar-refractivity contribution is 0.706. The molecule has 0 saturated carbocycles. The zero-order valence-electron chi connectivity index (χ0n) is 9.75. The van der Waals surface area contributed by atoms with Crippen LogP contribution in [0, 0.1) is 6.92 Å². The van der Waals surface area contributed by atoms with Crippen molar-refractivity contribution in [2.45, 2.75) is 44.4 Å². The third-order valence-corrected chi connectivity index (χ3v) is 3.72. The number of anilines is 1. The number of nitrogens with two attached hydrogens (primary N) is 1. The highest BCUT2D eigenvalue weighted by atomic mass is 32.2. The Morgan fingerprint density at radius 1 is 1.20 bits per heavy atom. The highest BCUT2D eigenvalue weighted by Crippen LogP contribution is 2.25. The first-order valence-corrected chi connectivity index (χ1v) is 6.71. The summed E-state index contributed by atoms with van der Waals surface area (Å²) in [4.78, 5) is 1.38.